The van der Waals surface area contributed by atoms with Crippen molar-refractivity contribution in [3.05, 3.63) is 22.6 Å². The van der Waals surface area contributed by atoms with Crippen molar-refractivity contribution in [1.82, 2.24) is 30.0 Å². The number of alkyl halides is 3. The Morgan fingerprint density at radius 2 is 2.06 bits per heavy atom. The standard InChI is InChI=1S/C22H27F3N8O2S/c1-3-4-14-9-15-18(31-7-8-33-16(11-31)29-30-20(33)22(23,24)25)27-21(28-19(15)36-14)32-6-5-13(10-32)26-17(34)12-35-2/h9,13H,3-8,10-12H2,1-2H3,(H,26,34)/t13-/m0/s1. The maximum atomic E-state index is 13.3. The Morgan fingerprint density at radius 1 is 1.22 bits per heavy atom. The Bertz CT molecular complexity index is 1260. The molecule has 2 aliphatic heterocycles. The number of rotatable bonds is 7. The van der Waals surface area contributed by atoms with Crippen LogP contribution in [0, 0.1) is 0 Å². The highest BCUT2D eigenvalue weighted by molar-refractivity contribution is 7.18. The fraction of sp³-hybridized carbons (Fsp3) is 0.591. The van der Waals surface area contributed by atoms with Crippen LogP contribution >= 0.6 is 11.3 Å². The summed E-state index contributed by atoms with van der Waals surface area (Å²) in [5, 5.41) is 11.1. The lowest BCUT2D eigenvalue weighted by Gasteiger charge is -2.30. The van der Waals surface area contributed by atoms with Crippen molar-refractivity contribution >= 4 is 39.2 Å². The molecule has 1 N–H and O–H groups in total. The first kappa shape index (κ1) is 24.7. The number of amides is 1. The SMILES string of the molecule is CCCc1cc2c(N3CCn4c(nnc4C(F)(F)F)C3)nc(N3CC[C@H](NC(=O)COC)C3)nc2s1. The molecular weight excluding hydrogens is 497 g/mol. The summed E-state index contributed by atoms with van der Waals surface area (Å²) in [6, 6.07) is 2.05. The molecule has 1 saturated heterocycles. The summed E-state index contributed by atoms with van der Waals surface area (Å²) in [4.78, 5) is 27.7. The Morgan fingerprint density at radius 3 is 2.81 bits per heavy atom. The third-order valence-corrected chi connectivity index (χ3v) is 7.41. The lowest BCUT2D eigenvalue weighted by molar-refractivity contribution is -0.147. The van der Waals surface area contributed by atoms with Crippen LogP contribution in [0.2, 0.25) is 0 Å². The molecule has 3 aromatic heterocycles. The van der Waals surface area contributed by atoms with E-state index in [4.69, 9.17) is 14.7 Å². The van der Waals surface area contributed by atoms with Crippen LogP contribution in [0.5, 0.6) is 0 Å². The Hall–Kier alpha value is -3.00. The fourth-order valence-electron chi connectivity index (χ4n) is 4.71. The summed E-state index contributed by atoms with van der Waals surface area (Å²) >= 11 is 1.61. The molecule has 0 bridgehead atoms. The lowest BCUT2D eigenvalue weighted by Crippen LogP contribution is -2.39. The molecule has 5 rings (SSSR count). The van der Waals surface area contributed by atoms with Crippen LogP contribution in [0.4, 0.5) is 24.9 Å². The minimum atomic E-state index is -4.55. The molecule has 194 valence electrons. The normalized spacial score (nSPS) is 18.2. The highest BCUT2D eigenvalue weighted by Crippen LogP contribution is 2.36. The number of anilines is 2. The van der Waals surface area contributed by atoms with E-state index >= 15 is 0 Å². The number of ether oxygens (including phenoxy) is 1. The van der Waals surface area contributed by atoms with Crippen LogP contribution in [0.15, 0.2) is 6.07 Å². The third-order valence-electron chi connectivity index (χ3n) is 6.33. The molecule has 0 aliphatic carbocycles. The van der Waals surface area contributed by atoms with Gasteiger partial charge in [-0.05, 0) is 18.9 Å². The summed E-state index contributed by atoms with van der Waals surface area (Å²) in [6.07, 6.45) is -1.89. The summed E-state index contributed by atoms with van der Waals surface area (Å²) in [5.41, 5.74) is 0. The minimum Gasteiger partial charge on any atom is -0.375 e. The number of halogens is 3. The van der Waals surface area contributed by atoms with Gasteiger partial charge in [0, 0.05) is 44.2 Å². The molecule has 36 heavy (non-hydrogen) atoms. The van der Waals surface area contributed by atoms with Gasteiger partial charge in [-0.15, -0.1) is 21.5 Å². The van der Waals surface area contributed by atoms with Crippen LogP contribution in [-0.2, 0) is 35.2 Å². The summed E-state index contributed by atoms with van der Waals surface area (Å²) in [7, 11) is 1.48. The number of thiophene rings is 1. The van der Waals surface area contributed by atoms with Crippen LogP contribution < -0.4 is 15.1 Å². The molecule has 1 amide bonds. The van der Waals surface area contributed by atoms with Crippen molar-refractivity contribution in [1.29, 1.82) is 0 Å². The van der Waals surface area contributed by atoms with E-state index in [0.717, 1.165) is 34.0 Å². The highest BCUT2D eigenvalue weighted by Gasteiger charge is 2.40. The van der Waals surface area contributed by atoms with E-state index in [-0.39, 0.29) is 37.5 Å². The van der Waals surface area contributed by atoms with Gasteiger partial charge in [0.05, 0.1) is 11.9 Å². The first-order chi connectivity index (χ1) is 17.3. The number of methoxy groups -OCH3 is 1. The predicted octanol–water partition coefficient (Wildman–Crippen LogP) is 2.62. The Kier molecular flexibility index (Phi) is 6.72. The molecule has 0 unspecified atom stereocenters. The maximum Gasteiger partial charge on any atom is 0.451 e. The first-order valence-electron chi connectivity index (χ1n) is 11.8. The molecule has 0 saturated carbocycles. The molecule has 14 heteroatoms. The van der Waals surface area contributed by atoms with Crippen LogP contribution in [-0.4, -0.2) is 70.0 Å². The topological polar surface area (TPSA) is 101 Å². The zero-order valence-electron chi connectivity index (χ0n) is 20.0. The zero-order chi connectivity index (χ0) is 25.4. The van der Waals surface area contributed by atoms with Crippen molar-refractivity contribution in [2.24, 2.45) is 0 Å². The number of hydrogen-bond donors (Lipinski definition) is 1. The predicted molar refractivity (Wildman–Crippen MR) is 128 cm³/mol. The van der Waals surface area contributed by atoms with E-state index < -0.39 is 12.0 Å². The van der Waals surface area contributed by atoms with Crippen LogP contribution in [0.3, 0.4) is 0 Å². The molecule has 5 heterocycles. The van der Waals surface area contributed by atoms with Crippen molar-refractivity contribution in [3.8, 4) is 0 Å². The number of nitrogens with zero attached hydrogens (tertiary/aromatic N) is 7. The summed E-state index contributed by atoms with van der Waals surface area (Å²) in [5.74, 6) is 0.356. The van der Waals surface area contributed by atoms with E-state index in [9.17, 15) is 18.0 Å². The number of fused-ring (bicyclic) bond motifs is 2. The van der Waals surface area contributed by atoms with Crippen LogP contribution in [0.25, 0.3) is 10.2 Å². The van der Waals surface area contributed by atoms with Gasteiger partial charge in [-0.2, -0.15) is 18.2 Å². The van der Waals surface area contributed by atoms with Gasteiger partial charge in [0.25, 0.3) is 0 Å². The van der Waals surface area contributed by atoms with E-state index in [0.29, 0.717) is 31.4 Å². The first-order valence-corrected chi connectivity index (χ1v) is 12.7. The Labute approximate surface area is 209 Å². The van der Waals surface area contributed by atoms with E-state index in [2.05, 4.69) is 28.5 Å². The van der Waals surface area contributed by atoms with Crippen molar-refractivity contribution in [3.63, 3.8) is 0 Å². The average Bonchev–Trinajstić information content (AvgIpc) is 3.55. The van der Waals surface area contributed by atoms with Gasteiger partial charge in [0.1, 0.15) is 17.3 Å². The maximum absolute atomic E-state index is 13.3. The largest absolute Gasteiger partial charge is 0.451 e. The van der Waals surface area contributed by atoms with Gasteiger partial charge in [-0.3, -0.25) is 4.79 Å². The Balaban J connectivity index is 1.45. The average molecular weight is 525 g/mol. The number of hydrogen-bond acceptors (Lipinski definition) is 9. The molecular formula is C22H27F3N8O2S. The quantitative estimate of drug-likeness (QED) is 0.504. The monoisotopic (exact) mass is 524 g/mol. The second-order valence-electron chi connectivity index (χ2n) is 8.97. The van der Waals surface area contributed by atoms with Gasteiger partial charge in [0.2, 0.25) is 17.7 Å². The molecule has 3 aromatic rings. The van der Waals surface area contributed by atoms with Gasteiger partial charge in [-0.1, -0.05) is 13.3 Å². The zero-order valence-corrected chi connectivity index (χ0v) is 20.8. The van der Waals surface area contributed by atoms with E-state index in [1.165, 1.54) is 12.0 Å². The molecule has 2 aliphatic rings. The second kappa shape index (κ2) is 9.81. The molecule has 1 fully saturated rings. The van der Waals surface area contributed by atoms with Crippen LogP contribution in [0.1, 0.15) is 36.3 Å². The fourth-order valence-corrected chi connectivity index (χ4v) is 5.82. The highest BCUT2D eigenvalue weighted by atomic mass is 32.1. The second-order valence-corrected chi connectivity index (χ2v) is 10.1. The molecule has 0 aromatic carbocycles. The van der Waals surface area contributed by atoms with Gasteiger partial charge in [0.15, 0.2) is 5.82 Å². The van der Waals surface area contributed by atoms with Gasteiger partial charge < -0.3 is 24.4 Å². The number of aromatic nitrogens is 5. The van der Waals surface area contributed by atoms with E-state index in [1.54, 1.807) is 11.3 Å². The minimum absolute atomic E-state index is 0.00808. The molecule has 10 nitrogen and oxygen atoms in total. The lowest BCUT2D eigenvalue weighted by atomic mass is 10.2. The third kappa shape index (κ3) is 4.83. The van der Waals surface area contributed by atoms with Gasteiger partial charge >= 0.3 is 6.18 Å². The van der Waals surface area contributed by atoms with Crippen molar-refractivity contribution in [2.75, 3.05) is 43.2 Å². The molecule has 0 radical (unpaired) electrons. The summed E-state index contributed by atoms with van der Waals surface area (Å²) < 4.78 is 45.9. The van der Waals surface area contributed by atoms with Gasteiger partial charge in [-0.25, -0.2) is 4.98 Å². The van der Waals surface area contributed by atoms with Crippen molar-refractivity contribution in [2.45, 2.75) is 51.5 Å². The number of carbonyl (C=O) groups excluding carboxylic acids is 1. The smallest absolute Gasteiger partial charge is 0.375 e. The van der Waals surface area contributed by atoms with E-state index in [1.807, 2.05) is 9.80 Å². The summed E-state index contributed by atoms with van der Waals surface area (Å²) in [6.45, 7) is 3.99. The molecule has 1 atom stereocenters. The number of nitrogens with one attached hydrogen (secondary N) is 1. The number of carbonyl (C=O) groups is 1. The molecule has 0 spiro atoms. The number of aryl methyl sites for hydroxylation is 1. The van der Waals surface area contributed by atoms with Crippen molar-refractivity contribution < 1.29 is 22.7 Å².